The van der Waals surface area contributed by atoms with E-state index in [1.54, 1.807) is 31.7 Å². The van der Waals surface area contributed by atoms with Crippen molar-refractivity contribution in [1.29, 1.82) is 0 Å². The van der Waals surface area contributed by atoms with Crippen molar-refractivity contribution < 1.29 is 14.8 Å². The summed E-state index contributed by atoms with van der Waals surface area (Å²) in [5, 5.41) is 17.8. The average molecular weight is 492 g/mol. The Bertz CT molecular complexity index is 1100. The van der Waals surface area contributed by atoms with Crippen LogP contribution in [0.15, 0.2) is 46.9 Å². The molecule has 1 amide bonds. The van der Waals surface area contributed by atoms with Gasteiger partial charge >= 0.3 is 200 Å². The van der Waals surface area contributed by atoms with Crippen LogP contribution in [-0.2, 0) is 4.79 Å². The minimum absolute atomic E-state index is 0.0184. The fraction of sp³-hybridized carbons (Fsp3) is 0.391. The number of anilines is 2. The molecular formula is C23H34N5O3PS. The summed E-state index contributed by atoms with van der Waals surface area (Å²) in [5.74, 6) is -0.567. The average Bonchev–Trinajstić information content (AvgIpc) is 3.22. The molecule has 0 saturated carbocycles. The number of carbonyl (C=O) groups is 1. The van der Waals surface area contributed by atoms with Gasteiger partial charge < -0.3 is 0 Å². The van der Waals surface area contributed by atoms with Crippen LogP contribution < -0.4 is 20.7 Å². The molecular weight excluding hydrogens is 457 g/mol. The number of aliphatic hydroxyl groups excluding tert-OH is 1. The predicted octanol–water partition coefficient (Wildman–Crippen LogP) is 4.31. The molecule has 1 aromatic carbocycles. The van der Waals surface area contributed by atoms with E-state index in [1.165, 1.54) is 11.9 Å². The standard InChI is InChI=1S/C23H34N5O3PS/c1-23(2,3)11-13-25-22(30)19(20(29)17-8-7-12-24-17)21-26-16-10-9-15(28-33-6)14-18(16)32(4,5,31)27-21/h7-10,12,14,24,28-29,31H,11,13H2,1-6H3,(H,25,30)(H,26,27)/b20-19+. The molecule has 0 atom stereocenters. The van der Waals surface area contributed by atoms with Crippen molar-refractivity contribution in [2.45, 2.75) is 27.2 Å². The number of fused-ring (bicyclic) bond motifs is 1. The molecule has 3 rings (SSSR count). The van der Waals surface area contributed by atoms with Crippen molar-refractivity contribution in [3.05, 3.63) is 47.8 Å². The van der Waals surface area contributed by atoms with E-state index in [9.17, 15) is 14.8 Å². The first kappa shape index (κ1) is 25.1. The van der Waals surface area contributed by atoms with Crippen molar-refractivity contribution in [3.8, 4) is 0 Å². The van der Waals surface area contributed by atoms with Crippen LogP contribution in [0.2, 0.25) is 0 Å². The van der Waals surface area contributed by atoms with Gasteiger partial charge in [-0.15, -0.1) is 0 Å². The Kier molecular flexibility index (Phi) is 6.89. The van der Waals surface area contributed by atoms with Crippen LogP contribution in [0.5, 0.6) is 0 Å². The van der Waals surface area contributed by atoms with Crippen LogP contribution in [0.1, 0.15) is 32.9 Å². The molecule has 180 valence electrons. The number of carbonyl (C=O) groups excluding carboxylic acids is 1. The summed E-state index contributed by atoms with van der Waals surface area (Å²) in [6.07, 6.45) is 4.35. The van der Waals surface area contributed by atoms with E-state index in [2.05, 4.69) is 45.9 Å². The second kappa shape index (κ2) is 9.05. The number of aromatic amines is 1. The van der Waals surface area contributed by atoms with Crippen LogP contribution in [-0.4, -0.2) is 52.9 Å². The summed E-state index contributed by atoms with van der Waals surface area (Å²) >= 11 is 1.46. The monoisotopic (exact) mass is 491 g/mol. The Balaban J connectivity index is 2.06. The van der Waals surface area contributed by atoms with Gasteiger partial charge in [0, 0.05) is 0 Å². The van der Waals surface area contributed by atoms with Crippen molar-refractivity contribution >= 4 is 53.1 Å². The van der Waals surface area contributed by atoms with Crippen molar-refractivity contribution in [3.63, 3.8) is 0 Å². The van der Waals surface area contributed by atoms with Crippen molar-refractivity contribution in [1.82, 2.24) is 10.3 Å². The Morgan fingerprint density at radius 3 is 2.58 bits per heavy atom. The van der Waals surface area contributed by atoms with Gasteiger partial charge in [0.2, 0.25) is 0 Å². The zero-order valence-corrected chi connectivity index (χ0v) is 21.7. The second-order valence-electron chi connectivity index (χ2n) is 9.97. The van der Waals surface area contributed by atoms with Gasteiger partial charge in [0.25, 0.3) is 0 Å². The first-order valence-electron chi connectivity index (χ1n) is 10.7. The van der Waals surface area contributed by atoms with Gasteiger partial charge in [-0.3, -0.25) is 0 Å². The molecule has 1 aliphatic heterocycles. The maximum atomic E-state index is 13.3. The number of amides is 1. The van der Waals surface area contributed by atoms with E-state index >= 15 is 0 Å². The van der Waals surface area contributed by atoms with E-state index in [4.69, 9.17) is 0 Å². The van der Waals surface area contributed by atoms with E-state index in [-0.39, 0.29) is 22.6 Å². The zero-order chi connectivity index (χ0) is 24.5. The summed E-state index contributed by atoms with van der Waals surface area (Å²) in [7, 11) is 0. The fourth-order valence-corrected chi connectivity index (χ4v) is 6.10. The van der Waals surface area contributed by atoms with E-state index in [0.29, 0.717) is 23.2 Å². The van der Waals surface area contributed by atoms with Crippen molar-refractivity contribution in [2.24, 2.45) is 10.2 Å². The third kappa shape index (κ3) is 5.91. The first-order chi connectivity index (χ1) is 15.3. The Labute approximate surface area is 199 Å². The number of nitrogens with zero attached hydrogens (tertiary/aromatic N) is 1. The molecule has 0 saturated heterocycles. The van der Waals surface area contributed by atoms with E-state index in [1.807, 2.05) is 24.5 Å². The van der Waals surface area contributed by atoms with Gasteiger partial charge in [-0.2, -0.15) is 0 Å². The maximum absolute atomic E-state index is 13.3. The van der Waals surface area contributed by atoms with Gasteiger partial charge in [0.05, 0.1) is 0 Å². The molecule has 10 heteroatoms. The summed E-state index contributed by atoms with van der Waals surface area (Å²) in [6.45, 7) is 6.35. The molecule has 0 bridgehead atoms. The Hall–Kier alpha value is -2.48. The molecule has 2 heterocycles. The molecule has 6 N–H and O–H groups in total. The van der Waals surface area contributed by atoms with Gasteiger partial charge in [-0.05, 0) is 0 Å². The molecule has 0 unspecified atom stereocenters. The third-order valence-electron chi connectivity index (χ3n) is 5.28. The third-order valence-corrected chi connectivity index (χ3v) is 8.27. The molecule has 0 radical (unpaired) electrons. The van der Waals surface area contributed by atoms with Crippen LogP contribution in [0.25, 0.3) is 5.76 Å². The number of benzene rings is 1. The summed E-state index contributed by atoms with van der Waals surface area (Å²) in [4.78, 5) is 27.9. The number of H-pyrrole nitrogens is 1. The van der Waals surface area contributed by atoms with Gasteiger partial charge in [-0.1, -0.05) is 0 Å². The molecule has 33 heavy (non-hydrogen) atoms. The van der Waals surface area contributed by atoms with Crippen molar-refractivity contribution in [2.75, 3.05) is 36.2 Å². The van der Waals surface area contributed by atoms with Gasteiger partial charge in [0.1, 0.15) is 0 Å². The normalized spacial score (nSPS) is 18.5. The number of hydrogen-bond acceptors (Lipinski definition) is 7. The molecule has 8 nitrogen and oxygen atoms in total. The van der Waals surface area contributed by atoms with E-state index < -0.39 is 12.9 Å². The SMILES string of the molecule is CSNc1ccc2c(c1)P(C)(C)(O)N=C(/C(C(=O)NCCC(C)(C)C)=C(\O)c1ccc[nH]1)N2. The van der Waals surface area contributed by atoms with Crippen LogP contribution in [0.3, 0.4) is 0 Å². The topological polar surface area (TPSA) is 122 Å². The number of aromatic nitrogens is 1. The number of rotatable bonds is 7. The Morgan fingerprint density at radius 1 is 1.24 bits per heavy atom. The summed E-state index contributed by atoms with van der Waals surface area (Å²) < 4.78 is 7.83. The van der Waals surface area contributed by atoms with Crippen LogP contribution in [0, 0.1) is 5.41 Å². The molecule has 1 aliphatic rings. The Morgan fingerprint density at radius 2 is 1.97 bits per heavy atom. The van der Waals surface area contributed by atoms with Crippen LogP contribution in [0.4, 0.5) is 11.4 Å². The minimum atomic E-state index is -3.79. The number of amidine groups is 1. The first-order valence-corrected chi connectivity index (χ1v) is 15.0. The summed E-state index contributed by atoms with van der Waals surface area (Å²) in [5.41, 5.74) is 1.91. The molecule has 0 aliphatic carbocycles. The van der Waals surface area contributed by atoms with Crippen LogP contribution >= 0.6 is 18.9 Å². The fourth-order valence-electron chi connectivity index (χ4n) is 3.55. The number of nitrogens with one attached hydrogen (secondary N) is 4. The molecule has 1 aromatic heterocycles. The molecule has 0 fully saturated rings. The quantitative estimate of drug-likeness (QED) is 0.149. The zero-order valence-electron chi connectivity index (χ0n) is 20.0. The number of aliphatic hydroxyl groups is 1. The van der Waals surface area contributed by atoms with E-state index in [0.717, 1.165) is 12.1 Å². The molecule has 0 spiro atoms. The number of hydrogen-bond donors (Lipinski definition) is 6. The second-order valence-corrected chi connectivity index (χ2v) is 15.2. The van der Waals surface area contributed by atoms with Gasteiger partial charge in [-0.25, -0.2) is 0 Å². The predicted molar refractivity (Wildman–Crippen MR) is 143 cm³/mol. The van der Waals surface area contributed by atoms with Gasteiger partial charge in [0.15, 0.2) is 0 Å². The molecule has 2 aromatic rings. The summed E-state index contributed by atoms with van der Waals surface area (Å²) in [6, 6.07) is 9.00.